The second-order valence-electron chi connectivity index (χ2n) is 6.43. The number of alkyl halides is 3. The van der Waals surface area contributed by atoms with E-state index in [4.69, 9.17) is 59.3 Å². The monoisotopic (exact) mass is 428 g/mol. The number of carbonyl (C=O) groups excluding carboxylic acids is 1. The highest BCUT2D eigenvalue weighted by Crippen LogP contribution is 2.42. The zero-order chi connectivity index (χ0) is 18.7. The van der Waals surface area contributed by atoms with Crippen molar-refractivity contribution in [2.45, 2.75) is 72.8 Å². The Balaban J connectivity index is 1.64. The maximum Gasteiger partial charge on any atom is 0.407 e. The van der Waals surface area contributed by atoms with E-state index in [1.54, 1.807) is 0 Å². The number of carbonyl (C=O) groups is 1. The lowest BCUT2D eigenvalue weighted by Gasteiger charge is -2.34. The molecule has 1 amide bonds. The van der Waals surface area contributed by atoms with E-state index in [0.29, 0.717) is 0 Å². The van der Waals surface area contributed by atoms with E-state index in [1.807, 2.05) is 0 Å². The molecule has 0 aromatic rings. The number of fused-ring (bicyclic) bond motifs is 1. The molecule has 1 aliphatic carbocycles. The molecule has 146 valence electrons. The van der Waals surface area contributed by atoms with Crippen molar-refractivity contribution >= 4 is 40.9 Å². The zero-order valence-corrected chi connectivity index (χ0v) is 16.0. The number of hydrogen-bond donors (Lipinski definition) is 1. The summed E-state index contributed by atoms with van der Waals surface area (Å²) in [6.07, 6.45) is 0.0417. The molecular weight excluding hydrogens is 411 g/mol. The van der Waals surface area contributed by atoms with E-state index < -0.39 is 40.7 Å². The number of rotatable bonds is 3. The smallest absolute Gasteiger partial charge is 0.407 e. The number of azide groups is 1. The number of hydrogen-bond acceptors (Lipinski definition) is 6. The number of alkyl carbamates (subject to hydrolysis) is 1. The van der Waals surface area contributed by atoms with Crippen LogP contribution in [0.1, 0.15) is 32.1 Å². The maximum absolute atomic E-state index is 12.2. The van der Waals surface area contributed by atoms with Crippen molar-refractivity contribution in [1.29, 1.82) is 0 Å². The van der Waals surface area contributed by atoms with Gasteiger partial charge in [-0.25, -0.2) is 4.79 Å². The van der Waals surface area contributed by atoms with Crippen LogP contribution in [-0.4, -0.2) is 53.4 Å². The van der Waals surface area contributed by atoms with Gasteiger partial charge in [0.05, 0.1) is 6.61 Å². The number of nitrogens with one attached hydrogen (secondary N) is 1. The predicted molar refractivity (Wildman–Crippen MR) is 93.0 cm³/mol. The van der Waals surface area contributed by atoms with Gasteiger partial charge in [0.1, 0.15) is 12.2 Å². The molecule has 12 heteroatoms. The standard InChI is InChI=1S/C14H19Cl3N4O5/c15-14(16,17)12-25-9-8(6-23-11(20-21-18)10(9)26-12)24-13(22)19-7-4-2-1-3-5-7/h7-12H,1-6H2,(H,19,22)/t8-,9+,10+,11+,12-/m1/s1. The summed E-state index contributed by atoms with van der Waals surface area (Å²) in [5.41, 5.74) is 8.67. The van der Waals surface area contributed by atoms with Crippen molar-refractivity contribution in [1.82, 2.24) is 5.32 Å². The van der Waals surface area contributed by atoms with Gasteiger partial charge >= 0.3 is 6.09 Å². The molecule has 0 radical (unpaired) electrons. The summed E-state index contributed by atoms with van der Waals surface area (Å²) < 4.78 is 20.2. The first-order chi connectivity index (χ1) is 12.4. The second-order valence-corrected chi connectivity index (χ2v) is 8.80. The van der Waals surface area contributed by atoms with E-state index >= 15 is 0 Å². The molecule has 0 aromatic heterocycles. The Morgan fingerprint density at radius 3 is 2.54 bits per heavy atom. The summed E-state index contributed by atoms with van der Waals surface area (Å²) in [7, 11) is 0. The molecule has 2 heterocycles. The lowest BCUT2D eigenvalue weighted by Crippen LogP contribution is -2.53. The Bertz CT molecular complexity index is 565. The number of nitrogens with zero attached hydrogens (tertiary/aromatic N) is 3. The van der Waals surface area contributed by atoms with Crippen molar-refractivity contribution < 1.29 is 23.7 Å². The largest absolute Gasteiger partial charge is 0.441 e. The van der Waals surface area contributed by atoms with Crippen LogP contribution in [0.2, 0.25) is 0 Å². The molecule has 5 atom stereocenters. The Morgan fingerprint density at radius 1 is 1.19 bits per heavy atom. The van der Waals surface area contributed by atoms with E-state index in [-0.39, 0.29) is 12.6 Å². The van der Waals surface area contributed by atoms with Crippen molar-refractivity contribution in [2.24, 2.45) is 5.11 Å². The van der Waals surface area contributed by atoms with Crippen LogP contribution in [0.25, 0.3) is 10.4 Å². The first-order valence-corrected chi connectivity index (χ1v) is 9.52. The molecule has 0 unspecified atom stereocenters. The van der Waals surface area contributed by atoms with Gasteiger partial charge in [-0.05, 0) is 18.4 Å². The fraction of sp³-hybridized carbons (Fsp3) is 0.929. The summed E-state index contributed by atoms with van der Waals surface area (Å²) in [6, 6.07) is 0.0992. The predicted octanol–water partition coefficient (Wildman–Crippen LogP) is 3.56. The first-order valence-electron chi connectivity index (χ1n) is 8.39. The number of amides is 1. The summed E-state index contributed by atoms with van der Waals surface area (Å²) in [5, 5.41) is 6.37. The highest BCUT2D eigenvalue weighted by Gasteiger charge is 2.55. The third-order valence-corrected chi connectivity index (χ3v) is 5.12. The Kier molecular flexibility index (Phi) is 6.61. The van der Waals surface area contributed by atoms with Crippen molar-refractivity contribution in [2.75, 3.05) is 6.61 Å². The minimum atomic E-state index is -1.85. The van der Waals surface area contributed by atoms with E-state index in [1.165, 1.54) is 6.42 Å². The second kappa shape index (κ2) is 8.56. The normalized spacial score (nSPS) is 35.3. The third kappa shape index (κ3) is 4.78. The molecule has 3 aliphatic rings. The Labute approximate surface area is 165 Å². The Morgan fingerprint density at radius 2 is 1.88 bits per heavy atom. The topological polar surface area (TPSA) is 115 Å². The maximum atomic E-state index is 12.2. The lowest BCUT2D eigenvalue weighted by atomic mass is 9.96. The summed E-state index contributed by atoms with van der Waals surface area (Å²) >= 11 is 17.5. The van der Waals surface area contributed by atoms with Crippen LogP contribution in [0, 0.1) is 0 Å². The van der Waals surface area contributed by atoms with Gasteiger partial charge in [0.2, 0.25) is 10.1 Å². The van der Waals surface area contributed by atoms with Gasteiger partial charge in [-0.15, -0.1) is 0 Å². The summed E-state index contributed by atoms with van der Waals surface area (Å²) in [6.45, 7) is -0.0289. The molecule has 0 bridgehead atoms. The van der Waals surface area contributed by atoms with Crippen LogP contribution in [0.5, 0.6) is 0 Å². The van der Waals surface area contributed by atoms with Crippen molar-refractivity contribution in [3.63, 3.8) is 0 Å². The molecule has 3 rings (SSSR count). The van der Waals surface area contributed by atoms with Gasteiger partial charge in [-0.3, -0.25) is 0 Å². The fourth-order valence-corrected chi connectivity index (χ4v) is 3.68. The number of ether oxygens (including phenoxy) is 4. The van der Waals surface area contributed by atoms with Crippen LogP contribution in [0.3, 0.4) is 0 Å². The van der Waals surface area contributed by atoms with Gasteiger partial charge in [-0.2, -0.15) is 0 Å². The molecule has 3 fully saturated rings. The van der Waals surface area contributed by atoms with Gasteiger partial charge in [0, 0.05) is 11.0 Å². The third-order valence-electron chi connectivity index (χ3n) is 4.58. The quantitative estimate of drug-likeness (QED) is 0.319. The molecule has 9 nitrogen and oxygen atoms in total. The van der Waals surface area contributed by atoms with E-state index in [0.717, 1.165) is 25.7 Å². The fourth-order valence-electron chi connectivity index (χ4n) is 3.37. The molecule has 0 aromatic carbocycles. The summed E-state index contributed by atoms with van der Waals surface area (Å²) in [5.74, 6) is 0. The highest BCUT2D eigenvalue weighted by molar-refractivity contribution is 6.67. The minimum absolute atomic E-state index is 0.0289. The van der Waals surface area contributed by atoms with E-state index in [2.05, 4.69) is 15.3 Å². The average molecular weight is 430 g/mol. The molecule has 0 spiro atoms. The van der Waals surface area contributed by atoms with Crippen LogP contribution in [0.15, 0.2) is 5.11 Å². The SMILES string of the molecule is [N-]=[N+]=N[C@H]1OC[C@@H](OC(=O)NC2CCCCC2)[C@@H]2O[C@@H](C(Cl)(Cl)Cl)O[C@@H]21. The van der Waals surface area contributed by atoms with E-state index in [9.17, 15) is 4.79 Å². The average Bonchev–Trinajstić information content (AvgIpc) is 3.04. The minimum Gasteiger partial charge on any atom is -0.441 e. The van der Waals surface area contributed by atoms with Crippen molar-refractivity contribution in [3.05, 3.63) is 10.4 Å². The first kappa shape index (κ1) is 20.1. The molecule has 2 aliphatic heterocycles. The van der Waals surface area contributed by atoms with Gasteiger partial charge in [-0.1, -0.05) is 59.2 Å². The summed E-state index contributed by atoms with van der Waals surface area (Å²) in [4.78, 5) is 14.9. The van der Waals surface area contributed by atoms with Crippen LogP contribution < -0.4 is 5.32 Å². The van der Waals surface area contributed by atoms with Crippen molar-refractivity contribution in [3.8, 4) is 0 Å². The van der Waals surface area contributed by atoms with Gasteiger partial charge < -0.3 is 24.3 Å². The molecule has 1 saturated carbocycles. The molecular formula is C14H19Cl3N4O5. The van der Waals surface area contributed by atoms with Gasteiger partial charge in [0.15, 0.2) is 12.3 Å². The zero-order valence-electron chi connectivity index (χ0n) is 13.7. The van der Waals surface area contributed by atoms with Crippen LogP contribution in [0.4, 0.5) is 4.79 Å². The molecule has 1 N–H and O–H groups in total. The van der Waals surface area contributed by atoms with Crippen LogP contribution >= 0.6 is 34.8 Å². The Hall–Kier alpha value is -0.670. The molecule has 2 saturated heterocycles. The lowest BCUT2D eigenvalue weighted by molar-refractivity contribution is -0.141. The number of halogens is 3. The van der Waals surface area contributed by atoms with Gasteiger partial charge in [0.25, 0.3) is 0 Å². The highest BCUT2D eigenvalue weighted by atomic mass is 35.6. The van der Waals surface area contributed by atoms with Crippen LogP contribution in [-0.2, 0) is 18.9 Å². The molecule has 26 heavy (non-hydrogen) atoms.